The fraction of sp³-hybridized carbons (Fsp3) is 0.167. The van der Waals surface area contributed by atoms with Crippen LogP contribution in [0.2, 0.25) is 0 Å². The van der Waals surface area contributed by atoms with Crippen molar-refractivity contribution in [1.82, 2.24) is 4.72 Å². The minimum Gasteiger partial charge on any atom is -0.490 e. The van der Waals surface area contributed by atoms with E-state index in [4.69, 9.17) is 13.9 Å². The van der Waals surface area contributed by atoms with E-state index in [1.165, 1.54) is 12.1 Å². The number of hydrogen-bond donors (Lipinski definition) is 1. The summed E-state index contributed by atoms with van der Waals surface area (Å²) in [7, 11) is -3.92. The van der Waals surface area contributed by atoms with Gasteiger partial charge in [-0.05, 0) is 35.9 Å². The second-order valence-corrected chi connectivity index (χ2v) is 9.99. The van der Waals surface area contributed by atoms with Crippen LogP contribution in [0.25, 0.3) is 11.0 Å². The molecule has 1 aliphatic rings. The fourth-order valence-corrected chi connectivity index (χ4v) is 5.38. The van der Waals surface area contributed by atoms with E-state index in [0.717, 1.165) is 21.8 Å². The molecule has 1 aromatic heterocycles. The zero-order valence-corrected chi connectivity index (χ0v) is 19.4. The Morgan fingerprint density at radius 2 is 1.62 bits per heavy atom. The van der Waals surface area contributed by atoms with Crippen LogP contribution >= 0.6 is 15.9 Å². The fourth-order valence-electron chi connectivity index (χ4n) is 3.66. The van der Waals surface area contributed by atoms with Gasteiger partial charge in [0.05, 0.1) is 18.1 Å². The van der Waals surface area contributed by atoms with Gasteiger partial charge in [-0.1, -0.05) is 52.3 Å². The summed E-state index contributed by atoms with van der Waals surface area (Å²) in [4.78, 5) is 0.0925. The molecule has 0 saturated heterocycles. The summed E-state index contributed by atoms with van der Waals surface area (Å²) in [5.41, 5.74) is 1.43. The summed E-state index contributed by atoms with van der Waals surface area (Å²) in [6.45, 7) is 1.01. The smallest absolute Gasteiger partial charge is 0.241 e. The monoisotopic (exact) mass is 513 g/mol. The van der Waals surface area contributed by atoms with Gasteiger partial charge in [0.15, 0.2) is 11.5 Å². The van der Waals surface area contributed by atoms with E-state index in [1.807, 2.05) is 54.6 Å². The number of benzene rings is 3. The van der Waals surface area contributed by atoms with Gasteiger partial charge in [0.1, 0.15) is 17.4 Å². The predicted octanol–water partition coefficient (Wildman–Crippen LogP) is 5.42. The van der Waals surface area contributed by atoms with Gasteiger partial charge < -0.3 is 13.9 Å². The van der Waals surface area contributed by atoms with E-state index >= 15 is 0 Å². The average Bonchev–Trinajstić information content (AvgIpc) is 3.08. The summed E-state index contributed by atoms with van der Waals surface area (Å²) >= 11 is 3.55. The van der Waals surface area contributed by atoms with Crippen LogP contribution in [0.5, 0.6) is 11.5 Å². The number of fused-ring (bicyclic) bond motifs is 2. The number of furan rings is 1. The third-order valence-corrected chi connectivity index (χ3v) is 7.39. The third kappa shape index (κ3) is 4.13. The van der Waals surface area contributed by atoms with Crippen molar-refractivity contribution in [2.24, 2.45) is 0 Å². The molecule has 6 nitrogen and oxygen atoms in total. The van der Waals surface area contributed by atoms with Crippen LogP contribution in [0.15, 0.2) is 86.6 Å². The summed E-state index contributed by atoms with van der Waals surface area (Å²) in [6, 6.07) is 20.8. The largest absolute Gasteiger partial charge is 0.490 e. The Balaban J connectivity index is 1.56. The molecular weight excluding hydrogens is 494 g/mol. The average molecular weight is 514 g/mol. The van der Waals surface area contributed by atoms with Crippen LogP contribution in [-0.4, -0.2) is 21.6 Å². The van der Waals surface area contributed by atoms with Crippen molar-refractivity contribution in [1.29, 1.82) is 0 Å². The molecule has 0 radical (unpaired) electrons. The maximum absolute atomic E-state index is 13.4. The molecule has 0 saturated carbocycles. The number of sulfonamides is 1. The number of para-hydroxylation sites is 1. The Morgan fingerprint density at radius 1 is 0.875 bits per heavy atom. The lowest BCUT2D eigenvalue weighted by Gasteiger charge is -2.19. The lowest BCUT2D eigenvalue weighted by atomic mass is 10.1. The molecule has 0 amide bonds. The van der Waals surface area contributed by atoms with Gasteiger partial charge >= 0.3 is 0 Å². The van der Waals surface area contributed by atoms with Gasteiger partial charge in [0.25, 0.3) is 0 Å². The molecule has 0 bridgehead atoms. The van der Waals surface area contributed by atoms with Crippen molar-refractivity contribution in [2.45, 2.75) is 17.4 Å². The predicted molar refractivity (Wildman–Crippen MR) is 125 cm³/mol. The molecule has 3 aromatic carbocycles. The van der Waals surface area contributed by atoms with E-state index in [9.17, 15) is 8.42 Å². The number of nitrogens with one attached hydrogen (secondary N) is 1. The highest BCUT2D eigenvalue weighted by Gasteiger charge is 2.28. The van der Waals surface area contributed by atoms with Crippen molar-refractivity contribution in [3.8, 4) is 11.5 Å². The molecular formula is C24H20BrNO5S. The van der Waals surface area contributed by atoms with Gasteiger partial charge in [-0.2, -0.15) is 4.72 Å². The first-order valence-corrected chi connectivity index (χ1v) is 12.4. The van der Waals surface area contributed by atoms with Crippen molar-refractivity contribution >= 4 is 36.9 Å². The van der Waals surface area contributed by atoms with Gasteiger partial charge in [-0.25, -0.2) is 8.42 Å². The first kappa shape index (κ1) is 21.1. The van der Waals surface area contributed by atoms with Crippen LogP contribution in [-0.2, 0) is 10.0 Å². The SMILES string of the molecule is O=S(=O)(N[C@H](c1cc2ccccc2o1)c1ccccc1Br)c1ccc2c(c1)OCCCO2. The Morgan fingerprint density at radius 3 is 2.44 bits per heavy atom. The second kappa shape index (κ2) is 8.61. The maximum atomic E-state index is 13.4. The van der Waals surface area contributed by atoms with E-state index in [-0.39, 0.29) is 4.90 Å². The molecule has 0 aliphatic carbocycles. The molecule has 0 unspecified atom stereocenters. The minimum atomic E-state index is -3.92. The number of rotatable bonds is 5. The number of halogens is 1. The van der Waals surface area contributed by atoms with Crippen LogP contribution in [0.4, 0.5) is 0 Å². The summed E-state index contributed by atoms with van der Waals surface area (Å²) in [5.74, 6) is 1.46. The third-order valence-electron chi connectivity index (χ3n) is 5.25. The highest BCUT2D eigenvalue weighted by atomic mass is 79.9. The molecule has 4 aromatic rings. The van der Waals surface area contributed by atoms with Crippen molar-refractivity contribution in [3.05, 3.63) is 88.6 Å². The highest BCUT2D eigenvalue weighted by molar-refractivity contribution is 9.10. The maximum Gasteiger partial charge on any atom is 0.241 e. The number of ether oxygens (including phenoxy) is 2. The Hall–Kier alpha value is -2.81. The van der Waals surface area contributed by atoms with Gasteiger partial charge in [0, 0.05) is 22.3 Å². The normalized spacial score (nSPS) is 14.8. The lowest BCUT2D eigenvalue weighted by molar-refractivity contribution is 0.297. The van der Waals surface area contributed by atoms with Crippen LogP contribution < -0.4 is 14.2 Å². The van der Waals surface area contributed by atoms with Gasteiger partial charge in [-0.15, -0.1) is 0 Å². The van der Waals surface area contributed by atoms with Crippen molar-refractivity contribution < 1.29 is 22.3 Å². The first-order valence-electron chi connectivity index (χ1n) is 10.2. The van der Waals surface area contributed by atoms with E-state index in [2.05, 4.69) is 20.7 Å². The Bertz CT molecular complexity index is 1350. The Labute approximate surface area is 194 Å². The van der Waals surface area contributed by atoms with Gasteiger partial charge in [-0.3, -0.25) is 0 Å². The second-order valence-electron chi connectivity index (χ2n) is 7.42. The first-order chi connectivity index (χ1) is 15.5. The topological polar surface area (TPSA) is 77.8 Å². The molecule has 0 spiro atoms. The van der Waals surface area contributed by atoms with Crippen molar-refractivity contribution in [3.63, 3.8) is 0 Å². The van der Waals surface area contributed by atoms with E-state index < -0.39 is 16.1 Å². The van der Waals surface area contributed by atoms with E-state index in [1.54, 1.807) is 6.07 Å². The molecule has 8 heteroatoms. The lowest BCUT2D eigenvalue weighted by Crippen LogP contribution is -2.29. The quantitative estimate of drug-likeness (QED) is 0.385. The summed E-state index contributed by atoms with van der Waals surface area (Å²) in [6.07, 6.45) is 0.741. The van der Waals surface area contributed by atoms with Crippen LogP contribution in [0, 0.1) is 0 Å². The van der Waals surface area contributed by atoms with E-state index in [0.29, 0.717) is 36.1 Å². The molecule has 0 fully saturated rings. The number of hydrogen-bond acceptors (Lipinski definition) is 5. The summed E-state index contributed by atoms with van der Waals surface area (Å²) in [5, 5.41) is 0.898. The molecule has 1 N–H and O–H groups in total. The molecule has 32 heavy (non-hydrogen) atoms. The van der Waals surface area contributed by atoms with Crippen LogP contribution in [0.1, 0.15) is 23.8 Å². The Kier molecular flexibility index (Phi) is 5.67. The standard InChI is InChI=1S/C24H20BrNO5S/c25-19-8-3-2-7-18(19)24(23-14-16-6-1-4-9-20(16)31-23)26-32(27,28)17-10-11-21-22(15-17)30-13-5-12-29-21/h1-4,6-11,14-15,24,26H,5,12-13H2/t24-/m0/s1. The zero-order valence-electron chi connectivity index (χ0n) is 17.0. The van der Waals surface area contributed by atoms with Crippen molar-refractivity contribution in [2.75, 3.05) is 13.2 Å². The molecule has 2 heterocycles. The molecule has 1 atom stereocenters. The highest BCUT2D eigenvalue weighted by Crippen LogP contribution is 2.35. The minimum absolute atomic E-state index is 0.0925. The molecule has 164 valence electrons. The zero-order chi connectivity index (χ0) is 22.1. The van der Waals surface area contributed by atoms with Gasteiger partial charge in [0.2, 0.25) is 10.0 Å². The summed E-state index contributed by atoms with van der Waals surface area (Å²) < 4.78 is 47.8. The molecule has 5 rings (SSSR count). The van der Waals surface area contributed by atoms with Crippen LogP contribution in [0.3, 0.4) is 0 Å². The molecule has 1 aliphatic heterocycles.